The molecule has 22 heavy (non-hydrogen) atoms. The lowest BCUT2D eigenvalue weighted by Gasteiger charge is -2.36. The molecule has 2 aliphatic rings. The summed E-state index contributed by atoms with van der Waals surface area (Å²) in [5.74, 6) is 0. The molecule has 0 amide bonds. The SMILES string of the molecule is Cc1ccc(Cl)cc1S(=O)(=O)N1CCCN(C2CCC2)CC1. The van der Waals surface area contributed by atoms with Gasteiger partial charge in [0.15, 0.2) is 0 Å². The molecule has 3 rings (SSSR count). The fourth-order valence-corrected chi connectivity index (χ4v) is 5.22. The van der Waals surface area contributed by atoms with E-state index < -0.39 is 10.0 Å². The van der Waals surface area contributed by atoms with Crippen molar-refractivity contribution >= 4 is 21.6 Å². The lowest BCUT2D eigenvalue weighted by atomic mass is 9.91. The Labute approximate surface area is 138 Å². The summed E-state index contributed by atoms with van der Waals surface area (Å²) >= 11 is 5.99. The molecule has 2 fully saturated rings. The Morgan fingerprint density at radius 1 is 1.09 bits per heavy atom. The maximum atomic E-state index is 12.9. The Kier molecular flexibility index (Phi) is 4.78. The zero-order valence-corrected chi connectivity index (χ0v) is 14.5. The second-order valence-electron chi connectivity index (χ2n) is 6.29. The number of sulfonamides is 1. The standard InChI is InChI=1S/C16H23ClN2O2S/c1-13-6-7-14(17)12-16(13)22(20,21)19-9-3-8-18(10-11-19)15-4-2-5-15/h6-7,12,15H,2-5,8-11H2,1H3. The molecule has 0 N–H and O–H groups in total. The highest BCUT2D eigenvalue weighted by Gasteiger charge is 2.31. The minimum Gasteiger partial charge on any atom is -0.299 e. The summed E-state index contributed by atoms with van der Waals surface area (Å²) in [5.41, 5.74) is 0.754. The van der Waals surface area contributed by atoms with Crippen molar-refractivity contribution in [2.75, 3.05) is 26.2 Å². The predicted octanol–water partition coefficient (Wildman–Crippen LogP) is 2.90. The van der Waals surface area contributed by atoms with Gasteiger partial charge in [-0.2, -0.15) is 4.31 Å². The number of halogens is 1. The summed E-state index contributed by atoms with van der Waals surface area (Å²) < 4.78 is 27.5. The fraction of sp³-hybridized carbons (Fsp3) is 0.625. The van der Waals surface area contributed by atoms with Gasteiger partial charge in [0.1, 0.15) is 0 Å². The Morgan fingerprint density at radius 2 is 1.86 bits per heavy atom. The molecule has 4 nitrogen and oxygen atoms in total. The number of hydrogen-bond donors (Lipinski definition) is 0. The van der Waals surface area contributed by atoms with Crippen molar-refractivity contribution in [3.05, 3.63) is 28.8 Å². The van der Waals surface area contributed by atoms with Gasteiger partial charge in [-0.3, -0.25) is 4.90 Å². The first-order chi connectivity index (χ1) is 10.5. The Morgan fingerprint density at radius 3 is 2.55 bits per heavy atom. The van der Waals surface area contributed by atoms with E-state index in [2.05, 4.69) is 4.90 Å². The van der Waals surface area contributed by atoms with Gasteiger partial charge in [0, 0.05) is 30.7 Å². The summed E-state index contributed by atoms with van der Waals surface area (Å²) in [6.07, 6.45) is 4.74. The minimum absolute atomic E-state index is 0.345. The highest BCUT2D eigenvalue weighted by Crippen LogP contribution is 2.28. The van der Waals surface area contributed by atoms with Gasteiger partial charge in [-0.05, 0) is 50.4 Å². The molecule has 6 heteroatoms. The number of rotatable bonds is 3. The monoisotopic (exact) mass is 342 g/mol. The van der Waals surface area contributed by atoms with Crippen molar-refractivity contribution in [1.29, 1.82) is 0 Å². The zero-order chi connectivity index (χ0) is 15.7. The molecule has 0 unspecified atom stereocenters. The summed E-state index contributed by atoms with van der Waals surface area (Å²) in [7, 11) is -3.45. The maximum Gasteiger partial charge on any atom is 0.243 e. The van der Waals surface area contributed by atoms with E-state index >= 15 is 0 Å². The number of hydrogen-bond acceptors (Lipinski definition) is 3. The number of nitrogens with zero attached hydrogens (tertiary/aromatic N) is 2. The van der Waals surface area contributed by atoms with Crippen LogP contribution in [0, 0.1) is 6.92 Å². The minimum atomic E-state index is -3.45. The average Bonchev–Trinajstić information content (AvgIpc) is 2.66. The largest absolute Gasteiger partial charge is 0.299 e. The van der Waals surface area contributed by atoms with E-state index in [0.29, 0.717) is 29.0 Å². The zero-order valence-electron chi connectivity index (χ0n) is 13.0. The van der Waals surface area contributed by atoms with Crippen LogP contribution in [0.25, 0.3) is 0 Å². The molecule has 1 aliphatic heterocycles. The van der Waals surface area contributed by atoms with E-state index in [9.17, 15) is 8.42 Å². The number of aryl methyl sites for hydroxylation is 1. The van der Waals surface area contributed by atoms with E-state index in [1.165, 1.54) is 19.3 Å². The summed E-state index contributed by atoms with van der Waals surface area (Å²) in [6, 6.07) is 5.75. The molecule has 0 bridgehead atoms. The molecule has 0 spiro atoms. The van der Waals surface area contributed by atoms with Gasteiger partial charge in [0.2, 0.25) is 10.0 Å². The summed E-state index contributed by atoms with van der Waals surface area (Å²) in [4.78, 5) is 2.81. The second-order valence-corrected chi connectivity index (χ2v) is 8.63. The van der Waals surface area contributed by atoms with Crippen LogP contribution in [0.2, 0.25) is 5.02 Å². The predicted molar refractivity (Wildman–Crippen MR) is 88.8 cm³/mol. The summed E-state index contributed by atoms with van der Waals surface area (Å²) in [5, 5.41) is 0.468. The van der Waals surface area contributed by atoms with Gasteiger partial charge in [-0.15, -0.1) is 0 Å². The molecule has 1 aliphatic carbocycles. The highest BCUT2D eigenvalue weighted by molar-refractivity contribution is 7.89. The maximum absolute atomic E-state index is 12.9. The van der Waals surface area contributed by atoms with Crippen molar-refractivity contribution in [1.82, 2.24) is 9.21 Å². The Balaban J connectivity index is 1.78. The van der Waals surface area contributed by atoms with Crippen LogP contribution in [0.4, 0.5) is 0 Å². The van der Waals surface area contributed by atoms with E-state index in [1.54, 1.807) is 22.5 Å². The van der Waals surface area contributed by atoms with Gasteiger partial charge in [0.05, 0.1) is 4.90 Å². The van der Waals surface area contributed by atoms with Crippen LogP contribution >= 0.6 is 11.6 Å². The summed E-state index contributed by atoms with van der Waals surface area (Å²) in [6.45, 7) is 4.83. The molecule has 0 radical (unpaired) electrons. The van der Waals surface area contributed by atoms with Crippen LogP contribution < -0.4 is 0 Å². The van der Waals surface area contributed by atoms with E-state index in [-0.39, 0.29) is 0 Å². The van der Waals surface area contributed by atoms with Crippen molar-refractivity contribution in [3.63, 3.8) is 0 Å². The van der Waals surface area contributed by atoms with Gasteiger partial charge in [0.25, 0.3) is 0 Å². The molecule has 1 aromatic carbocycles. The lowest BCUT2D eigenvalue weighted by Crippen LogP contribution is -2.42. The van der Waals surface area contributed by atoms with Crippen LogP contribution in [-0.2, 0) is 10.0 Å². The second kappa shape index (κ2) is 6.48. The van der Waals surface area contributed by atoms with E-state index in [1.807, 2.05) is 6.92 Å². The Bertz CT molecular complexity index is 644. The van der Waals surface area contributed by atoms with Crippen LogP contribution in [0.3, 0.4) is 0 Å². The first-order valence-corrected chi connectivity index (χ1v) is 9.80. The lowest BCUT2D eigenvalue weighted by molar-refractivity contribution is 0.134. The molecule has 1 aromatic rings. The van der Waals surface area contributed by atoms with Gasteiger partial charge < -0.3 is 0 Å². The van der Waals surface area contributed by atoms with E-state index in [0.717, 1.165) is 25.1 Å². The molecule has 0 aromatic heterocycles. The van der Waals surface area contributed by atoms with Crippen molar-refractivity contribution in [2.24, 2.45) is 0 Å². The fourth-order valence-electron chi connectivity index (χ4n) is 3.26. The third kappa shape index (κ3) is 3.18. The third-order valence-electron chi connectivity index (χ3n) is 4.85. The van der Waals surface area contributed by atoms with Crippen molar-refractivity contribution < 1.29 is 8.42 Å². The topological polar surface area (TPSA) is 40.6 Å². The first-order valence-electron chi connectivity index (χ1n) is 7.99. The van der Waals surface area contributed by atoms with Crippen LogP contribution in [0.1, 0.15) is 31.2 Å². The van der Waals surface area contributed by atoms with Gasteiger partial charge >= 0.3 is 0 Å². The molecular formula is C16H23ClN2O2S. The van der Waals surface area contributed by atoms with Crippen LogP contribution in [0.15, 0.2) is 23.1 Å². The van der Waals surface area contributed by atoms with Gasteiger partial charge in [-0.1, -0.05) is 24.1 Å². The molecule has 1 heterocycles. The quantitative estimate of drug-likeness (QED) is 0.848. The third-order valence-corrected chi connectivity index (χ3v) is 7.12. The molecular weight excluding hydrogens is 320 g/mol. The molecule has 0 atom stereocenters. The molecule has 1 saturated heterocycles. The number of benzene rings is 1. The molecule has 1 saturated carbocycles. The van der Waals surface area contributed by atoms with Gasteiger partial charge in [-0.25, -0.2) is 8.42 Å². The normalized spacial score (nSPS) is 22.3. The first kappa shape index (κ1) is 16.2. The van der Waals surface area contributed by atoms with Crippen LogP contribution in [0.5, 0.6) is 0 Å². The van der Waals surface area contributed by atoms with Crippen LogP contribution in [-0.4, -0.2) is 49.8 Å². The smallest absolute Gasteiger partial charge is 0.243 e. The highest BCUT2D eigenvalue weighted by atomic mass is 35.5. The van der Waals surface area contributed by atoms with E-state index in [4.69, 9.17) is 11.6 Å². The molecule has 122 valence electrons. The average molecular weight is 343 g/mol. The van der Waals surface area contributed by atoms with Crippen molar-refractivity contribution in [2.45, 2.75) is 43.5 Å². The van der Waals surface area contributed by atoms with Crippen molar-refractivity contribution in [3.8, 4) is 0 Å². The Hall–Kier alpha value is -0.620.